The van der Waals surface area contributed by atoms with Crippen LogP contribution in [0.25, 0.3) is 0 Å². The molecule has 0 spiro atoms. The van der Waals surface area contributed by atoms with Crippen molar-refractivity contribution in [2.75, 3.05) is 31.1 Å². The molecule has 1 aliphatic heterocycles. The van der Waals surface area contributed by atoms with Crippen molar-refractivity contribution >= 4 is 23.3 Å². The van der Waals surface area contributed by atoms with E-state index in [9.17, 15) is 4.79 Å². The average Bonchev–Trinajstić information content (AvgIpc) is 2.85. The van der Waals surface area contributed by atoms with Crippen molar-refractivity contribution in [3.8, 4) is 11.8 Å². The van der Waals surface area contributed by atoms with Crippen molar-refractivity contribution in [3.63, 3.8) is 0 Å². The van der Waals surface area contributed by atoms with E-state index in [0.29, 0.717) is 28.1 Å². The Morgan fingerprint density at radius 1 is 1.21 bits per heavy atom. The van der Waals surface area contributed by atoms with E-state index < -0.39 is 0 Å². The summed E-state index contributed by atoms with van der Waals surface area (Å²) in [5.41, 5.74) is 0.777. The highest BCUT2D eigenvalue weighted by Crippen LogP contribution is 2.27. The van der Waals surface area contributed by atoms with Crippen molar-refractivity contribution in [2.45, 2.75) is 57.7 Å². The number of hydrogen-bond acceptors (Lipinski definition) is 7. The van der Waals surface area contributed by atoms with E-state index in [1.807, 2.05) is 12.1 Å². The van der Waals surface area contributed by atoms with Crippen LogP contribution in [0, 0.1) is 11.3 Å². The number of carbonyl (C=O) groups excluding carboxylic acids is 1. The van der Waals surface area contributed by atoms with Gasteiger partial charge in [0.15, 0.2) is 11.5 Å². The maximum Gasteiger partial charge on any atom is 0.272 e. The molecule has 1 aliphatic carbocycles. The lowest BCUT2D eigenvalue weighted by molar-refractivity contribution is 0.0888. The summed E-state index contributed by atoms with van der Waals surface area (Å²) >= 11 is 6.09. The zero-order chi connectivity index (χ0) is 24.1. The van der Waals surface area contributed by atoms with Crippen LogP contribution in [0.5, 0.6) is 5.75 Å². The second kappa shape index (κ2) is 11.0. The number of rotatable bonds is 6. The Morgan fingerprint density at radius 3 is 2.62 bits per heavy atom. The monoisotopic (exact) mass is 482 g/mol. The fraction of sp³-hybridized carbons (Fsp3) is 0.520. The molecule has 2 aromatic rings. The highest BCUT2D eigenvalue weighted by atomic mass is 35.5. The number of nitriles is 1. The normalized spacial score (nSPS) is 23.2. The van der Waals surface area contributed by atoms with E-state index in [1.165, 1.54) is 0 Å². The summed E-state index contributed by atoms with van der Waals surface area (Å²) in [6.45, 7) is 8.36. The topological polar surface area (TPSA) is 94.4 Å². The molecule has 0 unspecified atom stereocenters. The third-order valence-electron chi connectivity index (χ3n) is 6.71. The number of nitrogens with one attached hydrogen (secondary N) is 1. The van der Waals surface area contributed by atoms with Crippen molar-refractivity contribution in [1.29, 1.82) is 5.26 Å². The van der Waals surface area contributed by atoms with Gasteiger partial charge in [0.25, 0.3) is 5.91 Å². The number of anilines is 1. The van der Waals surface area contributed by atoms with E-state index in [4.69, 9.17) is 21.6 Å². The van der Waals surface area contributed by atoms with Gasteiger partial charge in [0, 0.05) is 37.8 Å². The molecule has 2 aliphatic rings. The summed E-state index contributed by atoms with van der Waals surface area (Å²) in [6, 6.07) is 11.3. The van der Waals surface area contributed by atoms with Gasteiger partial charge in [0.1, 0.15) is 11.8 Å². The highest BCUT2D eigenvalue weighted by molar-refractivity contribution is 6.31. The molecule has 4 rings (SSSR count). The van der Waals surface area contributed by atoms with Gasteiger partial charge in [-0.15, -0.1) is 10.2 Å². The molecule has 1 saturated heterocycles. The Morgan fingerprint density at radius 2 is 2.00 bits per heavy atom. The lowest BCUT2D eigenvalue weighted by Gasteiger charge is -2.39. The SMILES string of the molecule is CCN1CCN(c2ccc(C(=O)NC3CCC(Oc4ccc(C#N)c(Cl)c4)CC3)nn2)[C@@H](C)C1. The Kier molecular flexibility index (Phi) is 7.86. The van der Waals surface area contributed by atoms with Crippen LogP contribution in [0.2, 0.25) is 5.02 Å². The molecule has 8 nitrogen and oxygen atoms in total. The third kappa shape index (κ3) is 5.78. The number of piperazine rings is 1. The minimum atomic E-state index is -0.189. The lowest BCUT2D eigenvalue weighted by Crippen LogP contribution is -2.52. The number of halogens is 1. The fourth-order valence-electron chi connectivity index (χ4n) is 4.70. The van der Waals surface area contributed by atoms with E-state index in [0.717, 1.165) is 57.7 Å². The average molecular weight is 483 g/mol. The minimum Gasteiger partial charge on any atom is -0.490 e. The number of amides is 1. The number of aromatic nitrogens is 2. The predicted octanol–water partition coefficient (Wildman–Crippen LogP) is 3.65. The number of benzene rings is 1. The molecule has 180 valence electrons. The molecule has 2 heterocycles. The van der Waals surface area contributed by atoms with Crippen molar-refractivity contribution in [3.05, 3.63) is 46.6 Å². The summed E-state index contributed by atoms with van der Waals surface area (Å²) in [7, 11) is 0. The first kappa shape index (κ1) is 24.2. The second-order valence-corrected chi connectivity index (χ2v) is 9.44. The summed E-state index contributed by atoms with van der Waals surface area (Å²) < 4.78 is 6.03. The van der Waals surface area contributed by atoms with E-state index in [2.05, 4.69) is 39.2 Å². The molecule has 1 aromatic carbocycles. The molecular formula is C25H31ClN6O2. The Labute approximate surface area is 205 Å². The zero-order valence-corrected chi connectivity index (χ0v) is 20.5. The number of nitrogens with zero attached hydrogens (tertiary/aromatic N) is 5. The van der Waals surface area contributed by atoms with Crippen LogP contribution < -0.4 is 15.0 Å². The molecule has 34 heavy (non-hydrogen) atoms. The van der Waals surface area contributed by atoms with Gasteiger partial charge in [-0.05, 0) is 63.4 Å². The van der Waals surface area contributed by atoms with Crippen LogP contribution in [0.1, 0.15) is 55.6 Å². The molecule has 1 amide bonds. The fourth-order valence-corrected chi connectivity index (χ4v) is 4.91. The Balaban J connectivity index is 1.25. The van der Waals surface area contributed by atoms with Crippen LogP contribution in [-0.4, -0.2) is 65.4 Å². The van der Waals surface area contributed by atoms with Gasteiger partial charge in [0.2, 0.25) is 0 Å². The molecule has 1 aromatic heterocycles. The largest absolute Gasteiger partial charge is 0.490 e. The van der Waals surface area contributed by atoms with Crippen LogP contribution in [-0.2, 0) is 0 Å². The van der Waals surface area contributed by atoms with Crippen molar-refractivity contribution in [1.82, 2.24) is 20.4 Å². The second-order valence-electron chi connectivity index (χ2n) is 9.03. The van der Waals surface area contributed by atoms with Gasteiger partial charge in [-0.25, -0.2) is 0 Å². The van der Waals surface area contributed by atoms with Gasteiger partial charge in [-0.3, -0.25) is 9.69 Å². The molecule has 1 atom stereocenters. The summed E-state index contributed by atoms with van der Waals surface area (Å²) in [4.78, 5) is 17.4. The first-order valence-electron chi connectivity index (χ1n) is 12.0. The van der Waals surface area contributed by atoms with Gasteiger partial charge in [-0.2, -0.15) is 5.26 Å². The van der Waals surface area contributed by atoms with Crippen LogP contribution in [0.15, 0.2) is 30.3 Å². The van der Waals surface area contributed by atoms with Crippen molar-refractivity contribution in [2.24, 2.45) is 0 Å². The molecular weight excluding hydrogens is 452 g/mol. The smallest absolute Gasteiger partial charge is 0.272 e. The number of ether oxygens (including phenoxy) is 1. The first-order valence-corrected chi connectivity index (χ1v) is 12.3. The van der Waals surface area contributed by atoms with E-state index >= 15 is 0 Å². The van der Waals surface area contributed by atoms with Gasteiger partial charge in [0.05, 0.1) is 16.7 Å². The van der Waals surface area contributed by atoms with Crippen LogP contribution in [0.4, 0.5) is 5.82 Å². The van der Waals surface area contributed by atoms with Gasteiger partial charge >= 0.3 is 0 Å². The summed E-state index contributed by atoms with van der Waals surface area (Å²) in [5, 5.41) is 21.0. The van der Waals surface area contributed by atoms with Gasteiger partial charge in [-0.1, -0.05) is 18.5 Å². The number of hydrogen-bond donors (Lipinski definition) is 1. The van der Waals surface area contributed by atoms with Gasteiger partial charge < -0.3 is 15.0 Å². The maximum atomic E-state index is 12.7. The maximum absolute atomic E-state index is 12.7. The molecule has 1 saturated carbocycles. The molecule has 1 N–H and O–H groups in total. The van der Waals surface area contributed by atoms with E-state index in [-0.39, 0.29) is 18.1 Å². The molecule has 0 bridgehead atoms. The van der Waals surface area contributed by atoms with Crippen molar-refractivity contribution < 1.29 is 9.53 Å². The number of likely N-dealkylation sites (N-methyl/N-ethyl adjacent to an activating group) is 1. The molecule has 9 heteroatoms. The summed E-state index contributed by atoms with van der Waals surface area (Å²) in [6.07, 6.45) is 3.37. The molecule has 0 radical (unpaired) electrons. The first-order chi connectivity index (χ1) is 16.5. The lowest BCUT2D eigenvalue weighted by atomic mass is 9.93. The van der Waals surface area contributed by atoms with Crippen LogP contribution in [0.3, 0.4) is 0 Å². The number of carbonyl (C=O) groups is 1. The highest BCUT2D eigenvalue weighted by Gasteiger charge is 2.26. The quantitative estimate of drug-likeness (QED) is 0.671. The Bertz CT molecular complexity index is 1030. The third-order valence-corrected chi connectivity index (χ3v) is 7.02. The predicted molar refractivity (Wildman–Crippen MR) is 131 cm³/mol. The zero-order valence-electron chi connectivity index (χ0n) is 19.7. The van der Waals surface area contributed by atoms with E-state index in [1.54, 1.807) is 24.3 Å². The van der Waals surface area contributed by atoms with Crippen LogP contribution >= 0.6 is 11.6 Å². The Hall–Kier alpha value is -2.89. The summed E-state index contributed by atoms with van der Waals surface area (Å²) in [5.74, 6) is 1.30. The minimum absolute atomic E-state index is 0.0615. The molecule has 2 fully saturated rings. The standard InChI is InChI=1S/C25H31ClN6O2/c1-3-31-12-13-32(17(2)16-31)24-11-10-23(29-30-24)25(33)28-19-5-8-20(9-6-19)34-21-7-4-18(15-27)22(26)14-21/h4,7,10-11,14,17,19-20H,3,5-6,8-9,12-13,16H2,1-2H3,(H,28,33)/t17-,19?,20?/m0/s1.